The van der Waals surface area contributed by atoms with Crippen molar-refractivity contribution in [1.82, 2.24) is 19.3 Å². The monoisotopic (exact) mass is 459 g/mol. The summed E-state index contributed by atoms with van der Waals surface area (Å²) in [4.78, 5) is 4.73. The van der Waals surface area contributed by atoms with Gasteiger partial charge in [0.2, 0.25) is 0 Å². The Morgan fingerprint density at radius 1 is 1.06 bits per heavy atom. The fourth-order valence-electron chi connectivity index (χ4n) is 4.26. The van der Waals surface area contributed by atoms with Crippen molar-refractivity contribution in [2.75, 3.05) is 6.61 Å². The predicted octanol–water partition coefficient (Wildman–Crippen LogP) is 6.20. The lowest BCUT2D eigenvalue weighted by Crippen LogP contribution is -1.96. The molecule has 0 amide bonds. The minimum atomic E-state index is 0.473. The average molecular weight is 460 g/mol. The molecule has 35 heavy (non-hydrogen) atoms. The molecule has 5 rings (SSSR count). The van der Waals surface area contributed by atoms with Crippen LogP contribution in [-0.2, 0) is 7.05 Å². The number of fused-ring (bicyclic) bond motifs is 1. The van der Waals surface area contributed by atoms with Crippen LogP contribution in [0.5, 0.6) is 5.75 Å². The summed E-state index contributed by atoms with van der Waals surface area (Å²) in [6, 6.07) is 26.2. The number of hydrogen-bond acceptors (Lipinski definition) is 4. The number of nitriles is 1. The molecule has 0 aliphatic rings. The fraction of sp³-hybridized carbons (Fsp3) is 0.138. The minimum absolute atomic E-state index is 0.473. The van der Waals surface area contributed by atoms with Crippen LogP contribution in [0, 0.1) is 18.3 Å². The molecule has 2 heterocycles. The van der Waals surface area contributed by atoms with Crippen molar-refractivity contribution in [2.45, 2.75) is 13.8 Å². The fourth-order valence-corrected chi connectivity index (χ4v) is 4.26. The molecular formula is C29H25N5O. The standard InChI is InChI=1S/C29H25N5O/c1-4-35-24-14-15-25(20(2)16-24)28-22(19-34(32-28)23-10-6-5-7-11-23)17-21(18-30)29-31-26-12-8-9-13-27(26)33(29)3/h5-17,19H,4H2,1-3H3/b21-17-. The third-order valence-corrected chi connectivity index (χ3v) is 5.98. The molecule has 0 bridgehead atoms. The second-order valence-corrected chi connectivity index (χ2v) is 8.28. The average Bonchev–Trinajstić information content (AvgIpc) is 3.45. The van der Waals surface area contributed by atoms with Crippen molar-refractivity contribution in [3.8, 4) is 28.8 Å². The molecular weight excluding hydrogens is 434 g/mol. The summed E-state index contributed by atoms with van der Waals surface area (Å²) < 4.78 is 9.47. The van der Waals surface area contributed by atoms with Gasteiger partial charge in [0.25, 0.3) is 0 Å². The van der Waals surface area contributed by atoms with Crippen LogP contribution in [0.4, 0.5) is 0 Å². The highest BCUT2D eigenvalue weighted by Gasteiger charge is 2.17. The van der Waals surface area contributed by atoms with E-state index in [0.29, 0.717) is 18.0 Å². The van der Waals surface area contributed by atoms with E-state index in [4.69, 9.17) is 14.8 Å². The minimum Gasteiger partial charge on any atom is -0.494 e. The van der Waals surface area contributed by atoms with Crippen LogP contribution in [0.2, 0.25) is 0 Å². The number of allylic oxidation sites excluding steroid dienone is 1. The van der Waals surface area contributed by atoms with Gasteiger partial charge >= 0.3 is 0 Å². The third kappa shape index (κ3) is 4.20. The second kappa shape index (κ2) is 9.32. The van der Waals surface area contributed by atoms with Crippen molar-refractivity contribution in [2.24, 2.45) is 7.05 Å². The Morgan fingerprint density at radius 3 is 2.54 bits per heavy atom. The Bertz CT molecular complexity index is 1580. The second-order valence-electron chi connectivity index (χ2n) is 8.28. The Kier molecular flexibility index (Phi) is 5.90. The van der Waals surface area contributed by atoms with Gasteiger partial charge in [-0.05, 0) is 68.0 Å². The van der Waals surface area contributed by atoms with Crippen molar-refractivity contribution >= 4 is 22.7 Å². The highest BCUT2D eigenvalue weighted by Crippen LogP contribution is 2.32. The number of para-hydroxylation sites is 3. The first-order chi connectivity index (χ1) is 17.1. The molecule has 0 unspecified atom stereocenters. The quantitative estimate of drug-likeness (QED) is 0.284. The Morgan fingerprint density at radius 2 is 1.83 bits per heavy atom. The largest absolute Gasteiger partial charge is 0.494 e. The first-order valence-corrected chi connectivity index (χ1v) is 11.5. The molecule has 0 aliphatic carbocycles. The van der Waals surface area contributed by atoms with Crippen molar-refractivity contribution in [3.63, 3.8) is 0 Å². The van der Waals surface area contributed by atoms with Crippen LogP contribution < -0.4 is 4.74 Å². The molecule has 6 heteroatoms. The number of rotatable bonds is 6. The highest BCUT2D eigenvalue weighted by molar-refractivity contribution is 5.93. The summed E-state index contributed by atoms with van der Waals surface area (Å²) in [5.41, 5.74) is 6.91. The first kappa shape index (κ1) is 22.2. The van der Waals surface area contributed by atoms with Gasteiger partial charge in [0.1, 0.15) is 17.5 Å². The molecule has 0 aliphatic heterocycles. The highest BCUT2D eigenvalue weighted by atomic mass is 16.5. The Balaban J connectivity index is 1.68. The summed E-state index contributed by atoms with van der Waals surface area (Å²) in [6.07, 6.45) is 3.83. The Hall–Kier alpha value is -4.63. The zero-order valence-electron chi connectivity index (χ0n) is 19.9. The SMILES string of the molecule is CCOc1ccc(-c2nn(-c3ccccc3)cc2/C=C(/C#N)c2nc3ccccc3n2C)c(C)c1. The van der Waals surface area contributed by atoms with Crippen LogP contribution in [0.3, 0.4) is 0 Å². The van der Waals surface area contributed by atoms with Gasteiger partial charge in [0.15, 0.2) is 5.82 Å². The number of aryl methyl sites for hydroxylation is 2. The number of benzene rings is 3. The van der Waals surface area contributed by atoms with Gasteiger partial charge in [0.05, 0.1) is 28.9 Å². The van der Waals surface area contributed by atoms with Crippen molar-refractivity contribution in [3.05, 3.63) is 95.9 Å². The molecule has 172 valence electrons. The van der Waals surface area contributed by atoms with Crippen molar-refractivity contribution in [1.29, 1.82) is 5.26 Å². The third-order valence-electron chi connectivity index (χ3n) is 5.98. The van der Waals surface area contributed by atoms with E-state index in [1.807, 2.05) is 115 Å². The molecule has 0 fully saturated rings. The molecule has 3 aromatic carbocycles. The van der Waals surface area contributed by atoms with Crippen LogP contribution in [0.15, 0.2) is 79.0 Å². The van der Waals surface area contributed by atoms with Crippen LogP contribution in [-0.4, -0.2) is 25.9 Å². The maximum atomic E-state index is 10.1. The van der Waals surface area contributed by atoms with Crippen LogP contribution in [0.1, 0.15) is 23.9 Å². The summed E-state index contributed by atoms with van der Waals surface area (Å²) >= 11 is 0. The van der Waals surface area contributed by atoms with E-state index in [1.165, 1.54) is 0 Å². The predicted molar refractivity (Wildman–Crippen MR) is 139 cm³/mol. The zero-order chi connectivity index (χ0) is 24.4. The Labute approximate surface area is 204 Å². The van der Waals surface area contributed by atoms with Gasteiger partial charge in [0, 0.05) is 24.4 Å². The molecule has 0 N–H and O–H groups in total. The zero-order valence-corrected chi connectivity index (χ0v) is 19.9. The molecule has 0 atom stereocenters. The molecule has 0 spiro atoms. The van der Waals surface area contributed by atoms with E-state index in [2.05, 4.69) is 6.07 Å². The number of imidazole rings is 1. The first-order valence-electron chi connectivity index (χ1n) is 11.5. The summed E-state index contributed by atoms with van der Waals surface area (Å²) in [7, 11) is 1.93. The van der Waals surface area contributed by atoms with E-state index in [1.54, 1.807) is 0 Å². The van der Waals surface area contributed by atoms with Crippen molar-refractivity contribution < 1.29 is 4.74 Å². The van der Waals surface area contributed by atoms with Gasteiger partial charge < -0.3 is 9.30 Å². The van der Waals surface area contributed by atoms with Gasteiger partial charge in [-0.25, -0.2) is 9.67 Å². The maximum absolute atomic E-state index is 10.1. The molecule has 6 nitrogen and oxygen atoms in total. The smallest absolute Gasteiger partial charge is 0.151 e. The number of aromatic nitrogens is 4. The van der Waals surface area contributed by atoms with Crippen LogP contribution in [0.25, 0.3) is 39.6 Å². The van der Waals surface area contributed by atoms with Gasteiger partial charge in [-0.3, -0.25) is 0 Å². The van der Waals surface area contributed by atoms with Gasteiger partial charge in [-0.1, -0.05) is 30.3 Å². The number of ether oxygens (including phenoxy) is 1. The summed E-state index contributed by atoms with van der Waals surface area (Å²) in [5.74, 6) is 1.45. The van der Waals surface area contributed by atoms with E-state index in [-0.39, 0.29) is 0 Å². The molecule has 2 aromatic heterocycles. The maximum Gasteiger partial charge on any atom is 0.151 e. The van der Waals surface area contributed by atoms with E-state index in [9.17, 15) is 5.26 Å². The molecule has 0 saturated heterocycles. The number of nitrogens with zero attached hydrogens (tertiary/aromatic N) is 5. The normalized spacial score (nSPS) is 11.5. The molecule has 0 radical (unpaired) electrons. The summed E-state index contributed by atoms with van der Waals surface area (Å²) in [6.45, 7) is 4.63. The summed E-state index contributed by atoms with van der Waals surface area (Å²) in [5, 5.41) is 15.0. The number of hydrogen-bond donors (Lipinski definition) is 0. The molecule has 5 aromatic rings. The lowest BCUT2D eigenvalue weighted by Gasteiger charge is -2.08. The molecule has 0 saturated carbocycles. The van der Waals surface area contributed by atoms with E-state index < -0.39 is 0 Å². The lowest BCUT2D eigenvalue weighted by atomic mass is 10.0. The van der Waals surface area contributed by atoms with Gasteiger partial charge in [-0.15, -0.1) is 0 Å². The van der Waals surface area contributed by atoms with E-state index in [0.717, 1.165) is 44.9 Å². The topological polar surface area (TPSA) is 68.7 Å². The van der Waals surface area contributed by atoms with Crippen LogP contribution >= 0.6 is 0 Å². The lowest BCUT2D eigenvalue weighted by molar-refractivity contribution is 0.340. The van der Waals surface area contributed by atoms with E-state index >= 15 is 0 Å². The van der Waals surface area contributed by atoms with Gasteiger partial charge in [-0.2, -0.15) is 10.4 Å².